The van der Waals surface area contributed by atoms with Crippen LogP contribution in [-0.4, -0.2) is 102 Å². The average molecular weight is 749 g/mol. The third-order valence-electron chi connectivity index (χ3n) is 10.3. The van der Waals surface area contributed by atoms with Gasteiger partial charge in [0.05, 0.1) is 49.7 Å². The predicted molar refractivity (Wildman–Crippen MR) is 207 cm³/mol. The summed E-state index contributed by atoms with van der Waals surface area (Å²) in [6.45, 7) is 10.0. The van der Waals surface area contributed by atoms with Crippen molar-refractivity contribution in [3.8, 4) is 0 Å². The number of rotatable bonds is 19. The number of aryl methyl sites for hydroxylation is 2. The molecule has 2 fully saturated rings. The number of ether oxygens (including phenoxy) is 3. The van der Waals surface area contributed by atoms with E-state index in [2.05, 4.69) is 34.5 Å². The van der Waals surface area contributed by atoms with E-state index in [-0.39, 0.29) is 30.0 Å². The molecule has 2 aliphatic rings. The number of amides is 3. The molecular formula is C39H56N8O7. The second kappa shape index (κ2) is 19.0. The zero-order valence-electron chi connectivity index (χ0n) is 32.3. The van der Waals surface area contributed by atoms with Crippen molar-refractivity contribution in [3.05, 3.63) is 64.7 Å². The van der Waals surface area contributed by atoms with E-state index >= 15 is 0 Å². The molecule has 0 radical (unpaired) electrons. The minimum atomic E-state index is -0.697. The standard InChI is InChI=1S/C39H56N8O7/c1-26(2)35-30(41-37(49)31(40-3)25-52-6)24-46(43-35)29-14-12-27(13-15-29)23-44(4)18-20-54-22-21-53-19-8-10-28-9-7-11-32-36(28)45(5)39(51)47(32)33-16-17-34(48)42-38(33)50/h7,9,11,24-25,27,29,33,40H,1,8,10,12-23H2,2-6H3,(H,41,49)(H,42,48,50)/b31-25-. The number of piperidine rings is 1. The Morgan fingerprint density at radius 1 is 1.09 bits per heavy atom. The van der Waals surface area contributed by atoms with E-state index in [1.165, 1.54) is 17.9 Å². The summed E-state index contributed by atoms with van der Waals surface area (Å²) in [6.07, 6.45) is 9.54. The minimum absolute atomic E-state index is 0.212. The molecule has 2 aromatic heterocycles. The van der Waals surface area contributed by atoms with Crippen molar-refractivity contribution in [3.63, 3.8) is 0 Å². The maximum Gasteiger partial charge on any atom is 0.329 e. The summed E-state index contributed by atoms with van der Waals surface area (Å²) in [5, 5.41) is 12.9. The number of carbonyl (C=O) groups excluding carboxylic acids is 3. The van der Waals surface area contributed by atoms with Crippen molar-refractivity contribution < 1.29 is 28.6 Å². The van der Waals surface area contributed by atoms with E-state index in [9.17, 15) is 19.2 Å². The van der Waals surface area contributed by atoms with E-state index in [0.717, 1.165) is 68.3 Å². The molecular weight excluding hydrogens is 692 g/mol. The van der Waals surface area contributed by atoms with Gasteiger partial charge in [-0.2, -0.15) is 5.10 Å². The topological polar surface area (TPSA) is 163 Å². The van der Waals surface area contributed by atoms with Gasteiger partial charge in [-0.05, 0) is 82.0 Å². The van der Waals surface area contributed by atoms with Crippen LogP contribution < -0.4 is 21.6 Å². The molecule has 0 bridgehead atoms. The lowest BCUT2D eigenvalue weighted by atomic mass is 9.86. The number of benzene rings is 1. The number of aromatic nitrogens is 4. The van der Waals surface area contributed by atoms with Gasteiger partial charge in [-0.25, -0.2) is 4.79 Å². The van der Waals surface area contributed by atoms with E-state index < -0.39 is 11.9 Å². The van der Waals surface area contributed by atoms with E-state index in [1.807, 2.05) is 36.0 Å². The van der Waals surface area contributed by atoms with Gasteiger partial charge >= 0.3 is 5.69 Å². The van der Waals surface area contributed by atoms with Gasteiger partial charge in [-0.15, -0.1) is 0 Å². The summed E-state index contributed by atoms with van der Waals surface area (Å²) in [5.74, 6) is -0.437. The minimum Gasteiger partial charge on any atom is -0.502 e. The molecule has 1 aromatic carbocycles. The molecule has 15 nitrogen and oxygen atoms in total. The lowest BCUT2D eigenvalue weighted by Crippen LogP contribution is -2.44. The van der Waals surface area contributed by atoms with Crippen molar-refractivity contribution in [1.29, 1.82) is 0 Å². The summed E-state index contributed by atoms with van der Waals surface area (Å²) < 4.78 is 21.8. The van der Waals surface area contributed by atoms with Crippen molar-refractivity contribution in [1.82, 2.24) is 34.4 Å². The quantitative estimate of drug-likeness (QED) is 0.0716. The number of anilines is 1. The number of fused-ring (bicyclic) bond motifs is 1. The Morgan fingerprint density at radius 2 is 1.83 bits per heavy atom. The SMILES string of the molecule is C=C(C)c1nn(C2CCC(CN(C)CCOCCOCCCc3cccc4c3n(C)c(=O)n4C3CCC(=O)NC3=O)CC2)cc1NC(=O)/C(=C/OC)NC. The number of imide groups is 1. The summed E-state index contributed by atoms with van der Waals surface area (Å²) in [6, 6.07) is 5.33. The first kappa shape index (κ1) is 40.5. The van der Waals surface area contributed by atoms with Gasteiger partial charge in [-0.1, -0.05) is 18.7 Å². The number of likely N-dealkylation sites (N-methyl/N-ethyl adjacent to an activating group) is 2. The highest BCUT2D eigenvalue weighted by Crippen LogP contribution is 2.34. The van der Waals surface area contributed by atoms with Crippen LogP contribution >= 0.6 is 0 Å². The second-order valence-electron chi connectivity index (χ2n) is 14.4. The fourth-order valence-corrected chi connectivity index (χ4v) is 7.50. The first-order valence-corrected chi connectivity index (χ1v) is 18.9. The smallest absolute Gasteiger partial charge is 0.329 e. The number of hydrogen-bond donors (Lipinski definition) is 3. The Labute approximate surface area is 316 Å². The number of hydrogen-bond acceptors (Lipinski definition) is 10. The molecule has 5 rings (SSSR count). The van der Waals surface area contributed by atoms with Crippen molar-refractivity contribution in [2.75, 3.05) is 66.0 Å². The molecule has 0 spiro atoms. The Kier molecular flexibility index (Phi) is 14.3. The van der Waals surface area contributed by atoms with E-state index in [0.29, 0.717) is 61.4 Å². The number of nitrogens with zero attached hydrogens (tertiary/aromatic N) is 5. The van der Waals surface area contributed by atoms with Crippen LogP contribution in [0.5, 0.6) is 0 Å². The van der Waals surface area contributed by atoms with Gasteiger partial charge < -0.3 is 29.7 Å². The van der Waals surface area contributed by atoms with Crippen molar-refractivity contribution in [2.45, 2.75) is 70.4 Å². The average Bonchev–Trinajstić information content (AvgIpc) is 3.68. The molecule has 1 atom stereocenters. The molecule has 294 valence electrons. The van der Waals surface area contributed by atoms with E-state index in [4.69, 9.17) is 19.3 Å². The zero-order valence-corrected chi connectivity index (χ0v) is 32.3. The molecule has 3 amide bonds. The zero-order chi connectivity index (χ0) is 38.8. The summed E-state index contributed by atoms with van der Waals surface area (Å²) in [5.41, 5.74) is 4.69. The van der Waals surface area contributed by atoms with Gasteiger partial charge in [-0.3, -0.25) is 33.5 Å². The third-order valence-corrected chi connectivity index (χ3v) is 10.3. The number of imidazole rings is 1. The van der Waals surface area contributed by atoms with Gasteiger partial charge in [0.25, 0.3) is 5.91 Å². The maximum atomic E-state index is 13.2. The highest BCUT2D eigenvalue weighted by Gasteiger charge is 2.32. The van der Waals surface area contributed by atoms with Crippen LogP contribution in [-0.2, 0) is 42.1 Å². The normalized spacial score (nSPS) is 19.3. The van der Waals surface area contributed by atoms with Gasteiger partial charge in [0.2, 0.25) is 11.8 Å². The van der Waals surface area contributed by atoms with Crippen molar-refractivity contribution >= 4 is 40.0 Å². The lowest BCUT2D eigenvalue weighted by molar-refractivity contribution is -0.135. The molecule has 54 heavy (non-hydrogen) atoms. The molecule has 1 unspecified atom stereocenters. The maximum absolute atomic E-state index is 13.2. The molecule has 1 saturated heterocycles. The molecule has 1 saturated carbocycles. The Morgan fingerprint density at radius 3 is 2.52 bits per heavy atom. The van der Waals surface area contributed by atoms with Crippen LogP contribution in [0.4, 0.5) is 5.69 Å². The molecule has 1 aliphatic heterocycles. The van der Waals surface area contributed by atoms with Crippen LogP contribution in [0.3, 0.4) is 0 Å². The van der Waals surface area contributed by atoms with Gasteiger partial charge in [0, 0.05) is 46.4 Å². The molecule has 3 aromatic rings. The van der Waals surface area contributed by atoms with E-state index in [1.54, 1.807) is 18.7 Å². The fraction of sp³-hybridized carbons (Fsp3) is 0.564. The second-order valence-corrected chi connectivity index (χ2v) is 14.4. The van der Waals surface area contributed by atoms with Crippen molar-refractivity contribution in [2.24, 2.45) is 13.0 Å². The Bertz CT molecular complexity index is 1880. The van der Waals surface area contributed by atoms with Crippen LogP contribution in [0.15, 0.2) is 47.7 Å². The van der Waals surface area contributed by atoms with Crippen LogP contribution in [0.2, 0.25) is 0 Å². The summed E-state index contributed by atoms with van der Waals surface area (Å²) >= 11 is 0. The largest absolute Gasteiger partial charge is 0.502 e. The summed E-state index contributed by atoms with van der Waals surface area (Å²) in [4.78, 5) is 52.4. The molecule has 3 heterocycles. The monoisotopic (exact) mass is 748 g/mol. The van der Waals surface area contributed by atoms with Crippen LogP contribution in [0, 0.1) is 5.92 Å². The van der Waals surface area contributed by atoms with Gasteiger partial charge in [0.15, 0.2) is 0 Å². The highest BCUT2D eigenvalue weighted by atomic mass is 16.5. The fourth-order valence-electron chi connectivity index (χ4n) is 7.50. The number of para-hydroxylation sites is 1. The van der Waals surface area contributed by atoms with Gasteiger partial charge in [0.1, 0.15) is 23.7 Å². The first-order chi connectivity index (χ1) is 26.0. The number of methoxy groups -OCH3 is 1. The number of carbonyl (C=O) groups is 3. The number of nitrogens with one attached hydrogen (secondary N) is 3. The lowest BCUT2D eigenvalue weighted by Gasteiger charge is -2.31. The summed E-state index contributed by atoms with van der Waals surface area (Å²) in [7, 11) is 7.03. The molecule has 1 aliphatic carbocycles. The van der Waals surface area contributed by atoms with Crippen LogP contribution in [0.1, 0.15) is 75.2 Å². The highest BCUT2D eigenvalue weighted by molar-refractivity contribution is 6.04. The Hall–Kier alpha value is -4.73. The molecule has 3 N–H and O–H groups in total. The first-order valence-electron chi connectivity index (χ1n) is 18.9. The molecule has 15 heteroatoms. The third kappa shape index (κ3) is 9.87. The Balaban J connectivity index is 0.972. The number of allylic oxidation sites excluding steroid dienone is 1. The van der Waals surface area contributed by atoms with Crippen LogP contribution in [0.25, 0.3) is 16.6 Å². The predicted octanol–water partition coefficient (Wildman–Crippen LogP) is 3.52.